The van der Waals surface area contributed by atoms with Gasteiger partial charge < -0.3 is 4.90 Å². The lowest BCUT2D eigenvalue weighted by molar-refractivity contribution is -0.141. The van der Waals surface area contributed by atoms with Crippen molar-refractivity contribution in [2.24, 2.45) is 0 Å². The number of fused-ring (bicyclic) bond motifs is 2. The van der Waals surface area contributed by atoms with E-state index < -0.39 is 11.9 Å². The third kappa shape index (κ3) is 2.47. The van der Waals surface area contributed by atoms with Crippen LogP contribution in [0.4, 0.5) is 13.2 Å². The van der Waals surface area contributed by atoms with E-state index >= 15 is 0 Å². The lowest BCUT2D eigenvalue weighted by Crippen LogP contribution is -2.41. The molecule has 0 saturated heterocycles. The Morgan fingerprint density at radius 3 is 2.96 bits per heavy atom. The summed E-state index contributed by atoms with van der Waals surface area (Å²) in [5, 5.41) is 10.5. The number of nitrogens with one attached hydrogen (secondary N) is 1. The molecule has 2 aliphatic rings. The highest BCUT2D eigenvalue weighted by atomic mass is 19.4. The number of amides is 1. The SMILES string of the molecule is O=C(C1CCCc2[nH]ncc21)N1CCn2nc(C(F)(F)F)cc2C1. The van der Waals surface area contributed by atoms with Crippen molar-refractivity contribution in [2.45, 2.75) is 44.4 Å². The number of carbonyl (C=O) groups excluding carboxylic acids is 1. The lowest BCUT2D eigenvalue weighted by Gasteiger charge is -2.32. The zero-order valence-electron chi connectivity index (χ0n) is 12.8. The highest BCUT2D eigenvalue weighted by Crippen LogP contribution is 2.33. The van der Waals surface area contributed by atoms with Crippen LogP contribution in [-0.4, -0.2) is 37.3 Å². The number of aromatic amines is 1. The Balaban J connectivity index is 1.55. The largest absolute Gasteiger partial charge is 0.435 e. The maximum Gasteiger partial charge on any atom is 0.435 e. The summed E-state index contributed by atoms with van der Waals surface area (Å²) in [6, 6.07) is 1.03. The average Bonchev–Trinajstić information content (AvgIpc) is 3.18. The van der Waals surface area contributed by atoms with Crippen molar-refractivity contribution in [1.29, 1.82) is 0 Å². The minimum Gasteiger partial charge on any atom is -0.334 e. The first-order valence-electron chi connectivity index (χ1n) is 7.88. The van der Waals surface area contributed by atoms with E-state index in [4.69, 9.17) is 0 Å². The molecule has 4 rings (SSSR count). The van der Waals surface area contributed by atoms with Crippen molar-refractivity contribution < 1.29 is 18.0 Å². The van der Waals surface area contributed by atoms with Gasteiger partial charge in [-0.25, -0.2) is 0 Å². The summed E-state index contributed by atoms with van der Waals surface area (Å²) in [4.78, 5) is 14.5. The van der Waals surface area contributed by atoms with Gasteiger partial charge in [-0.3, -0.25) is 14.6 Å². The summed E-state index contributed by atoms with van der Waals surface area (Å²) in [5.74, 6) is -0.303. The molecule has 9 heteroatoms. The Kier molecular flexibility index (Phi) is 3.40. The van der Waals surface area contributed by atoms with Crippen LogP contribution in [0.3, 0.4) is 0 Å². The molecule has 1 aliphatic carbocycles. The fourth-order valence-electron chi connectivity index (χ4n) is 3.53. The molecule has 1 aliphatic heterocycles. The average molecular weight is 339 g/mol. The van der Waals surface area contributed by atoms with E-state index in [2.05, 4.69) is 15.3 Å². The maximum atomic E-state index is 12.9. The number of carbonyl (C=O) groups is 1. The molecular weight excluding hydrogens is 323 g/mol. The van der Waals surface area contributed by atoms with Gasteiger partial charge in [0.05, 0.1) is 30.9 Å². The van der Waals surface area contributed by atoms with Gasteiger partial charge in [-0.2, -0.15) is 23.4 Å². The monoisotopic (exact) mass is 339 g/mol. The van der Waals surface area contributed by atoms with Crippen molar-refractivity contribution >= 4 is 5.91 Å². The Morgan fingerprint density at radius 1 is 1.33 bits per heavy atom. The number of hydrogen-bond donors (Lipinski definition) is 1. The molecule has 2 aromatic heterocycles. The molecule has 0 spiro atoms. The number of aryl methyl sites for hydroxylation is 1. The van der Waals surface area contributed by atoms with E-state index in [-0.39, 0.29) is 24.9 Å². The predicted molar refractivity (Wildman–Crippen MR) is 76.9 cm³/mol. The minimum atomic E-state index is -4.46. The molecule has 0 fully saturated rings. The second-order valence-electron chi connectivity index (χ2n) is 6.25. The van der Waals surface area contributed by atoms with E-state index in [1.54, 1.807) is 11.1 Å². The fraction of sp³-hybridized carbons (Fsp3) is 0.533. The summed E-state index contributed by atoms with van der Waals surface area (Å²) in [5.41, 5.74) is 1.43. The van der Waals surface area contributed by atoms with Gasteiger partial charge in [0.1, 0.15) is 0 Å². The molecule has 2 aromatic rings. The van der Waals surface area contributed by atoms with Gasteiger partial charge in [0, 0.05) is 17.8 Å². The fourth-order valence-corrected chi connectivity index (χ4v) is 3.53. The third-order valence-electron chi connectivity index (χ3n) is 4.74. The third-order valence-corrected chi connectivity index (χ3v) is 4.74. The minimum absolute atomic E-state index is 0.0432. The summed E-state index contributed by atoms with van der Waals surface area (Å²) in [7, 11) is 0. The van der Waals surface area contributed by atoms with Gasteiger partial charge in [0.2, 0.25) is 5.91 Å². The van der Waals surface area contributed by atoms with Crippen LogP contribution >= 0.6 is 0 Å². The zero-order valence-corrected chi connectivity index (χ0v) is 12.8. The molecular formula is C15H16F3N5O. The molecule has 128 valence electrons. The van der Waals surface area contributed by atoms with E-state index in [0.717, 1.165) is 36.6 Å². The van der Waals surface area contributed by atoms with Gasteiger partial charge >= 0.3 is 6.18 Å². The Hall–Kier alpha value is -2.32. The number of nitrogens with zero attached hydrogens (tertiary/aromatic N) is 4. The van der Waals surface area contributed by atoms with Crippen LogP contribution in [0, 0.1) is 0 Å². The predicted octanol–water partition coefficient (Wildman–Crippen LogP) is 2.09. The number of hydrogen-bond acceptors (Lipinski definition) is 3. The number of rotatable bonds is 1. The van der Waals surface area contributed by atoms with Crippen molar-refractivity contribution in [3.8, 4) is 0 Å². The number of H-pyrrole nitrogens is 1. The van der Waals surface area contributed by atoms with E-state index in [1.165, 1.54) is 4.68 Å². The Morgan fingerprint density at radius 2 is 2.17 bits per heavy atom. The highest BCUT2D eigenvalue weighted by molar-refractivity contribution is 5.84. The van der Waals surface area contributed by atoms with Crippen molar-refractivity contribution in [3.05, 3.63) is 34.9 Å². The Labute approximate surface area is 135 Å². The normalized spacial score (nSPS) is 20.6. The number of alkyl halides is 3. The van der Waals surface area contributed by atoms with E-state index in [1.807, 2.05) is 0 Å². The van der Waals surface area contributed by atoms with Crippen molar-refractivity contribution in [3.63, 3.8) is 0 Å². The second-order valence-corrected chi connectivity index (χ2v) is 6.25. The molecule has 0 bridgehead atoms. The molecule has 0 saturated carbocycles. The summed E-state index contributed by atoms with van der Waals surface area (Å²) in [6.45, 7) is 0.808. The zero-order chi connectivity index (χ0) is 16.9. The molecule has 1 N–H and O–H groups in total. The molecule has 24 heavy (non-hydrogen) atoms. The lowest BCUT2D eigenvalue weighted by atomic mass is 9.86. The van der Waals surface area contributed by atoms with Crippen molar-refractivity contribution in [2.75, 3.05) is 6.54 Å². The van der Waals surface area contributed by atoms with Gasteiger partial charge in [0.25, 0.3) is 0 Å². The first-order valence-corrected chi connectivity index (χ1v) is 7.88. The van der Waals surface area contributed by atoms with Gasteiger partial charge in [-0.05, 0) is 25.3 Å². The van der Waals surface area contributed by atoms with Gasteiger partial charge in [0.15, 0.2) is 5.69 Å². The molecule has 1 unspecified atom stereocenters. The van der Waals surface area contributed by atoms with Crippen LogP contribution < -0.4 is 0 Å². The van der Waals surface area contributed by atoms with E-state index in [0.29, 0.717) is 12.2 Å². The van der Waals surface area contributed by atoms with Crippen LogP contribution in [0.25, 0.3) is 0 Å². The van der Waals surface area contributed by atoms with E-state index in [9.17, 15) is 18.0 Å². The molecule has 6 nitrogen and oxygen atoms in total. The summed E-state index contributed by atoms with van der Waals surface area (Å²) < 4.78 is 39.7. The smallest absolute Gasteiger partial charge is 0.334 e. The van der Waals surface area contributed by atoms with Crippen LogP contribution in [-0.2, 0) is 30.5 Å². The molecule has 0 aromatic carbocycles. The topological polar surface area (TPSA) is 66.8 Å². The van der Waals surface area contributed by atoms with Crippen molar-refractivity contribution in [1.82, 2.24) is 24.9 Å². The van der Waals surface area contributed by atoms with Crippen LogP contribution in [0.15, 0.2) is 12.3 Å². The molecule has 1 atom stereocenters. The first kappa shape index (κ1) is 15.2. The van der Waals surface area contributed by atoms with Crippen LogP contribution in [0.1, 0.15) is 41.4 Å². The molecule has 0 radical (unpaired) electrons. The quantitative estimate of drug-likeness (QED) is 0.865. The standard InChI is InChI=1S/C15H16F3N5O/c16-15(17,18)13-6-9-8-22(4-5-23(9)21-13)14(24)10-2-1-3-12-11(10)7-19-20-12/h6-7,10H,1-5,8H2,(H,19,20). The number of halogens is 3. The summed E-state index contributed by atoms with van der Waals surface area (Å²) >= 11 is 0. The summed E-state index contributed by atoms with van der Waals surface area (Å²) in [6.07, 6.45) is -0.257. The molecule has 3 heterocycles. The van der Waals surface area contributed by atoms with Gasteiger partial charge in [-0.1, -0.05) is 0 Å². The molecule has 1 amide bonds. The van der Waals surface area contributed by atoms with Crippen LogP contribution in [0.2, 0.25) is 0 Å². The van der Waals surface area contributed by atoms with Crippen LogP contribution in [0.5, 0.6) is 0 Å². The first-order chi connectivity index (χ1) is 11.4. The Bertz CT molecular complexity index is 778. The van der Waals surface area contributed by atoms with Gasteiger partial charge in [-0.15, -0.1) is 0 Å². The highest BCUT2D eigenvalue weighted by Gasteiger charge is 2.37. The maximum absolute atomic E-state index is 12.9. The number of aromatic nitrogens is 4. The second kappa shape index (κ2) is 5.35.